The van der Waals surface area contributed by atoms with Crippen molar-refractivity contribution in [3.63, 3.8) is 0 Å². The molecule has 0 aliphatic heterocycles. The van der Waals surface area contributed by atoms with Gasteiger partial charge in [-0.05, 0) is 37.1 Å². The van der Waals surface area contributed by atoms with E-state index in [1.165, 1.54) is 37.1 Å². The lowest BCUT2D eigenvalue weighted by Gasteiger charge is -2.04. The van der Waals surface area contributed by atoms with Crippen LogP contribution in [0.1, 0.15) is 36.0 Å². The molecule has 0 radical (unpaired) electrons. The van der Waals surface area contributed by atoms with Crippen molar-refractivity contribution in [1.82, 2.24) is 5.32 Å². The summed E-state index contributed by atoms with van der Waals surface area (Å²) in [6.45, 7) is 0.679. The summed E-state index contributed by atoms with van der Waals surface area (Å²) in [5.74, 6) is -0.457. The van der Waals surface area contributed by atoms with Crippen LogP contribution in [0.4, 0.5) is 4.39 Å². The summed E-state index contributed by atoms with van der Waals surface area (Å²) in [5.41, 5.74) is 0.506. The molecule has 0 saturated heterocycles. The van der Waals surface area contributed by atoms with E-state index in [4.69, 9.17) is 0 Å². The van der Waals surface area contributed by atoms with Gasteiger partial charge >= 0.3 is 0 Å². The number of hydrogen-bond acceptors (Lipinski definition) is 1. The van der Waals surface area contributed by atoms with E-state index in [2.05, 4.69) is 21.2 Å². The Hall–Kier alpha value is -0.900. The Morgan fingerprint density at radius 2 is 1.76 bits per heavy atom. The molecule has 1 aromatic rings. The lowest BCUT2D eigenvalue weighted by atomic mass is 10.2. The van der Waals surface area contributed by atoms with Crippen molar-refractivity contribution in [3.8, 4) is 0 Å². The second kappa shape index (κ2) is 8.23. The SMILES string of the molecule is O=C(NCCCCCCBr)c1ccc(F)cc1. The minimum atomic E-state index is -0.323. The number of halogens is 2. The fourth-order valence-corrected chi connectivity index (χ4v) is 1.87. The number of amides is 1. The van der Waals surface area contributed by atoms with Crippen molar-refractivity contribution < 1.29 is 9.18 Å². The van der Waals surface area contributed by atoms with Crippen LogP contribution in [0.2, 0.25) is 0 Å². The molecule has 0 bridgehead atoms. The molecule has 2 nitrogen and oxygen atoms in total. The number of benzene rings is 1. The molecule has 94 valence electrons. The van der Waals surface area contributed by atoms with E-state index in [1.54, 1.807) is 0 Å². The van der Waals surface area contributed by atoms with Gasteiger partial charge in [0, 0.05) is 17.4 Å². The monoisotopic (exact) mass is 301 g/mol. The molecule has 0 unspecified atom stereocenters. The van der Waals surface area contributed by atoms with Crippen molar-refractivity contribution in [2.45, 2.75) is 25.7 Å². The third kappa shape index (κ3) is 5.82. The van der Waals surface area contributed by atoms with Crippen molar-refractivity contribution in [1.29, 1.82) is 0 Å². The second-order valence-corrected chi connectivity index (χ2v) is 4.66. The highest BCUT2D eigenvalue weighted by Crippen LogP contribution is 2.03. The van der Waals surface area contributed by atoms with E-state index in [0.717, 1.165) is 18.2 Å². The molecule has 17 heavy (non-hydrogen) atoms. The lowest BCUT2D eigenvalue weighted by Crippen LogP contribution is -2.24. The molecule has 1 aromatic carbocycles. The highest BCUT2D eigenvalue weighted by atomic mass is 79.9. The van der Waals surface area contributed by atoms with Crippen LogP contribution in [0.25, 0.3) is 0 Å². The molecule has 0 aliphatic carbocycles. The van der Waals surface area contributed by atoms with Gasteiger partial charge in [-0.2, -0.15) is 0 Å². The van der Waals surface area contributed by atoms with Gasteiger partial charge in [-0.15, -0.1) is 0 Å². The maximum absolute atomic E-state index is 12.6. The number of rotatable bonds is 7. The van der Waals surface area contributed by atoms with Crippen LogP contribution in [0.5, 0.6) is 0 Å². The van der Waals surface area contributed by atoms with E-state index in [-0.39, 0.29) is 11.7 Å². The summed E-state index contributed by atoms with van der Waals surface area (Å²) in [5, 5.41) is 3.86. The van der Waals surface area contributed by atoms with E-state index in [9.17, 15) is 9.18 Å². The van der Waals surface area contributed by atoms with Gasteiger partial charge in [-0.1, -0.05) is 28.8 Å². The second-order valence-electron chi connectivity index (χ2n) is 3.87. The molecule has 0 atom stereocenters. The third-order valence-corrected chi connectivity index (χ3v) is 3.01. The zero-order chi connectivity index (χ0) is 12.5. The molecule has 1 N–H and O–H groups in total. The fraction of sp³-hybridized carbons (Fsp3) is 0.462. The molecule has 0 fully saturated rings. The summed E-state index contributed by atoms with van der Waals surface area (Å²) in [6, 6.07) is 5.58. The third-order valence-electron chi connectivity index (χ3n) is 2.45. The first-order valence-electron chi connectivity index (χ1n) is 5.84. The Balaban J connectivity index is 2.19. The van der Waals surface area contributed by atoms with Gasteiger partial charge in [-0.25, -0.2) is 4.39 Å². The normalized spacial score (nSPS) is 10.2. The summed E-state index contributed by atoms with van der Waals surface area (Å²) < 4.78 is 12.6. The predicted molar refractivity (Wildman–Crippen MR) is 71.0 cm³/mol. The largest absolute Gasteiger partial charge is 0.352 e. The van der Waals surface area contributed by atoms with E-state index < -0.39 is 0 Å². The number of alkyl halides is 1. The molecule has 1 rings (SSSR count). The van der Waals surface area contributed by atoms with Gasteiger partial charge in [-0.3, -0.25) is 4.79 Å². The number of hydrogen-bond donors (Lipinski definition) is 1. The molecular weight excluding hydrogens is 285 g/mol. The molecule has 4 heteroatoms. The predicted octanol–water partition coefficient (Wildman–Crippen LogP) is 3.51. The first-order valence-corrected chi connectivity index (χ1v) is 6.96. The Labute approximate surface area is 110 Å². The van der Waals surface area contributed by atoms with Crippen LogP contribution in [0.3, 0.4) is 0 Å². The van der Waals surface area contributed by atoms with Gasteiger partial charge in [0.25, 0.3) is 5.91 Å². The molecule has 0 saturated carbocycles. The molecule has 1 amide bonds. The van der Waals surface area contributed by atoms with Crippen molar-refractivity contribution >= 4 is 21.8 Å². The standard InChI is InChI=1S/C13H17BrFNO/c14-9-3-1-2-4-10-16-13(17)11-5-7-12(15)8-6-11/h5-8H,1-4,9-10H2,(H,16,17). The van der Waals surface area contributed by atoms with Crippen LogP contribution < -0.4 is 5.32 Å². The van der Waals surface area contributed by atoms with E-state index in [1.807, 2.05) is 0 Å². The minimum absolute atomic E-state index is 0.134. The average molecular weight is 302 g/mol. The average Bonchev–Trinajstić information content (AvgIpc) is 2.34. The molecule has 0 aliphatic rings. The molecule has 0 spiro atoms. The summed E-state index contributed by atoms with van der Waals surface area (Å²) in [4.78, 5) is 11.6. The van der Waals surface area contributed by atoms with E-state index >= 15 is 0 Å². The van der Waals surface area contributed by atoms with Crippen LogP contribution in [0.15, 0.2) is 24.3 Å². The number of carbonyl (C=O) groups excluding carboxylic acids is 1. The Morgan fingerprint density at radius 1 is 1.12 bits per heavy atom. The Morgan fingerprint density at radius 3 is 2.41 bits per heavy atom. The van der Waals surface area contributed by atoms with Gasteiger partial charge in [0.1, 0.15) is 5.82 Å². The minimum Gasteiger partial charge on any atom is -0.352 e. The number of carbonyl (C=O) groups is 1. The highest BCUT2D eigenvalue weighted by Gasteiger charge is 2.03. The summed E-state index contributed by atoms with van der Waals surface area (Å²) >= 11 is 3.38. The van der Waals surface area contributed by atoms with Crippen LogP contribution in [-0.4, -0.2) is 17.8 Å². The summed E-state index contributed by atoms with van der Waals surface area (Å²) in [6.07, 6.45) is 4.46. The van der Waals surface area contributed by atoms with E-state index in [0.29, 0.717) is 12.1 Å². The van der Waals surface area contributed by atoms with Crippen LogP contribution in [0, 0.1) is 5.82 Å². The quantitative estimate of drug-likeness (QED) is 0.606. The number of unbranched alkanes of at least 4 members (excludes halogenated alkanes) is 3. The van der Waals surface area contributed by atoms with Crippen molar-refractivity contribution in [3.05, 3.63) is 35.6 Å². The van der Waals surface area contributed by atoms with Crippen LogP contribution >= 0.6 is 15.9 Å². The van der Waals surface area contributed by atoms with Crippen molar-refractivity contribution in [2.24, 2.45) is 0 Å². The lowest BCUT2D eigenvalue weighted by molar-refractivity contribution is 0.0953. The maximum atomic E-state index is 12.6. The Bertz CT molecular complexity index is 340. The first-order chi connectivity index (χ1) is 8.24. The molecular formula is C13H17BrFNO. The topological polar surface area (TPSA) is 29.1 Å². The van der Waals surface area contributed by atoms with Gasteiger partial charge in [0.05, 0.1) is 0 Å². The van der Waals surface area contributed by atoms with Gasteiger partial charge in [0.2, 0.25) is 0 Å². The summed E-state index contributed by atoms with van der Waals surface area (Å²) in [7, 11) is 0. The molecule has 0 heterocycles. The van der Waals surface area contributed by atoms with Gasteiger partial charge in [0.15, 0.2) is 0 Å². The maximum Gasteiger partial charge on any atom is 0.251 e. The van der Waals surface area contributed by atoms with Crippen molar-refractivity contribution in [2.75, 3.05) is 11.9 Å². The zero-order valence-corrected chi connectivity index (χ0v) is 11.3. The molecule has 0 aromatic heterocycles. The zero-order valence-electron chi connectivity index (χ0n) is 9.72. The first kappa shape index (κ1) is 14.2. The van der Waals surface area contributed by atoms with Gasteiger partial charge < -0.3 is 5.32 Å². The fourth-order valence-electron chi connectivity index (χ4n) is 1.48. The number of nitrogens with one attached hydrogen (secondary N) is 1. The highest BCUT2D eigenvalue weighted by molar-refractivity contribution is 9.09. The smallest absolute Gasteiger partial charge is 0.251 e. The van der Waals surface area contributed by atoms with Crippen LogP contribution in [-0.2, 0) is 0 Å². The Kier molecular flexibility index (Phi) is 6.86.